The number of hydrogen-bond donors (Lipinski definition) is 1. The predicted octanol–water partition coefficient (Wildman–Crippen LogP) is 7.02. The molecule has 0 saturated heterocycles. The number of aryl methyl sites for hydroxylation is 6. The van der Waals surface area contributed by atoms with Crippen molar-refractivity contribution in [3.63, 3.8) is 0 Å². The summed E-state index contributed by atoms with van der Waals surface area (Å²) < 4.78 is 0. The van der Waals surface area contributed by atoms with Gasteiger partial charge in [-0.2, -0.15) is 0 Å². The van der Waals surface area contributed by atoms with E-state index in [-0.39, 0.29) is 10.6 Å². The molecule has 0 aliphatic heterocycles. The fourth-order valence-electron chi connectivity index (χ4n) is 4.91. The first-order valence-corrected chi connectivity index (χ1v) is 12.5. The van der Waals surface area contributed by atoms with Gasteiger partial charge in [0.25, 0.3) is 5.69 Å². The molecule has 0 heterocycles. The van der Waals surface area contributed by atoms with Crippen molar-refractivity contribution < 1.29 is 4.92 Å². The predicted molar refractivity (Wildman–Crippen MR) is 148 cm³/mol. The van der Waals surface area contributed by atoms with Gasteiger partial charge in [0, 0.05) is 17.8 Å². The molecule has 4 bridgehead atoms. The Labute approximate surface area is 212 Å². The molecule has 180 valence electrons. The summed E-state index contributed by atoms with van der Waals surface area (Å²) in [6.45, 7) is 0. The Bertz CT molecular complexity index is 1400. The molecule has 36 heavy (non-hydrogen) atoms. The molecular formula is C32H30N2O2. The zero-order chi connectivity index (χ0) is 24.9. The van der Waals surface area contributed by atoms with Crippen LogP contribution in [-0.4, -0.2) is 4.92 Å². The third-order valence-electron chi connectivity index (χ3n) is 7.07. The number of nitro groups is 1. The third kappa shape index (κ3) is 5.72. The Morgan fingerprint density at radius 2 is 1.39 bits per heavy atom. The summed E-state index contributed by atoms with van der Waals surface area (Å²) in [7, 11) is 0. The quantitative estimate of drug-likeness (QED) is 0.141. The molecule has 0 radical (unpaired) electrons. The van der Waals surface area contributed by atoms with Crippen LogP contribution in [0.4, 0.5) is 11.4 Å². The minimum Gasteiger partial charge on any atom is -0.399 e. The molecular weight excluding hydrogens is 444 g/mol. The van der Waals surface area contributed by atoms with Crippen molar-refractivity contribution in [2.75, 3.05) is 5.73 Å². The maximum Gasteiger partial charge on any atom is 0.269 e. The summed E-state index contributed by atoms with van der Waals surface area (Å²) in [5, 5.41) is 10.9. The summed E-state index contributed by atoms with van der Waals surface area (Å²) >= 11 is 0. The number of hydrogen-bond acceptors (Lipinski definition) is 3. The van der Waals surface area contributed by atoms with Crippen LogP contribution in [0, 0.1) is 10.1 Å². The van der Waals surface area contributed by atoms with Crippen LogP contribution in [0.5, 0.6) is 0 Å². The van der Waals surface area contributed by atoms with Gasteiger partial charge in [-0.25, -0.2) is 0 Å². The smallest absolute Gasteiger partial charge is 0.269 e. The summed E-state index contributed by atoms with van der Waals surface area (Å²) in [4.78, 5) is 10.6. The minimum absolute atomic E-state index is 0.114. The van der Waals surface area contributed by atoms with Crippen molar-refractivity contribution in [3.05, 3.63) is 140 Å². The Morgan fingerprint density at radius 1 is 0.722 bits per heavy atom. The first kappa shape index (κ1) is 23.6. The number of non-ortho nitro benzene ring substituents is 1. The number of anilines is 1. The first-order valence-electron chi connectivity index (χ1n) is 12.5. The van der Waals surface area contributed by atoms with E-state index in [1.807, 2.05) is 18.2 Å². The van der Waals surface area contributed by atoms with E-state index in [9.17, 15) is 10.1 Å². The molecule has 0 saturated carbocycles. The van der Waals surface area contributed by atoms with Gasteiger partial charge in [0.15, 0.2) is 0 Å². The number of nitrogens with two attached hydrogens (primary N) is 1. The molecule has 8 rings (SSSR count). The molecule has 0 atom stereocenters. The fraction of sp³-hybridized carbons (Fsp3) is 0.188. The van der Waals surface area contributed by atoms with Crippen LogP contribution in [0.3, 0.4) is 0 Å². The van der Waals surface area contributed by atoms with Gasteiger partial charge in [0.2, 0.25) is 0 Å². The van der Waals surface area contributed by atoms with Crippen LogP contribution < -0.4 is 5.73 Å². The summed E-state index contributed by atoms with van der Waals surface area (Å²) in [5.74, 6) is 0. The van der Waals surface area contributed by atoms with Crippen LogP contribution in [0.1, 0.15) is 44.5 Å². The average Bonchev–Trinajstić information content (AvgIpc) is 2.89. The van der Waals surface area contributed by atoms with Crippen LogP contribution in [-0.2, 0) is 38.5 Å². The standard InChI is InChI=1S/C32H30N2O2/c33-31-17-7-23(8-18-31)1-15-29-21-25-3-11-27(29)12-4-26-6-14-28(13-5-25)30(22-26)16-2-24-9-19-32(20-10-24)34(35)36/h2-3,6-11,14,16-22H,1,4-5,12-13,15,33H2/b16-2+. The number of nitrogens with zero attached hydrogens (tertiary/aromatic N) is 1. The highest BCUT2D eigenvalue weighted by Gasteiger charge is 2.11. The summed E-state index contributed by atoms with van der Waals surface area (Å²) in [6.07, 6.45) is 10.2. The molecule has 0 fully saturated rings. The fourth-order valence-corrected chi connectivity index (χ4v) is 4.91. The number of benzene rings is 4. The van der Waals surface area contributed by atoms with E-state index in [2.05, 4.69) is 54.6 Å². The maximum absolute atomic E-state index is 10.9. The summed E-state index contributed by atoms with van der Waals surface area (Å²) in [5.41, 5.74) is 17.2. The molecule has 0 unspecified atom stereocenters. The van der Waals surface area contributed by atoms with E-state index in [0.29, 0.717) is 0 Å². The van der Waals surface area contributed by atoms with Gasteiger partial charge < -0.3 is 5.73 Å². The second-order valence-electron chi connectivity index (χ2n) is 9.56. The average molecular weight is 475 g/mol. The Kier molecular flexibility index (Phi) is 6.94. The molecule has 4 aromatic rings. The van der Waals surface area contributed by atoms with Gasteiger partial charge in [0.1, 0.15) is 0 Å². The molecule has 4 aliphatic carbocycles. The highest BCUT2D eigenvalue weighted by Crippen LogP contribution is 2.24. The lowest BCUT2D eigenvalue weighted by Crippen LogP contribution is -2.04. The van der Waals surface area contributed by atoms with Gasteiger partial charge in [-0.15, -0.1) is 0 Å². The van der Waals surface area contributed by atoms with Crippen molar-refractivity contribution in [2.45, 2.75) is 38.5 Å². The number of nitro benzene ring substituents is 1. The Morgan fingerprint density at radius 3 is 2.11 bits per heavy atom. The van der Waals surface area contributed by atoms with E-state index in [0.717, 1.165) is 49.8 Å². The van der Waals surface area contributed by atoms with E-state index in [1.54, 1.807) is 24.3 Å². The van der Waals surface area contributed by atoms with Crippen LogP contribution in [0.15, 0.2) is 84.9 Å². The van der Waals surface area contributed by atoms with E-state index < -0.39 is 0 Å². The van der Waals surface area contributed by atoms with E-state index in [1.165, 1.54) is 38.9 Å². The van der Waals surface area contributed by atoms with Gasteiger partial charge >= 0.3 is 0 Å². The van der Waals surface area contributed by atoms with Crippen molar-refractivity contribution in [2.24, 2.45) is 0 Å². The monoisotopic (exact) mass is 474 g/mol. The molecule has 4 aromatic carbocycles. The van der Waals surface area contributed by atoms with Gasteiger partial charge in [0.05, 0.1) is 4.92 Å². The topological polar surface area (TPSA) is 69.2 Å². The zero-order valence-electron chi connectivity index (χ0n) is 20.3. The molecule has 2 N–H and O–H groups in total. The normalized spacial score (nSPS) is 13.0. The van der Waals surface area contributed by atoms with Gasteiger partial charge in [-0.3, -0.25) is 10.1 Å². The lowest BCUT2D eigenvalue weighted by molar-refractivity contribution is -0.384. The van der Waals surface area contributed by atoms with Gasteiger partial charge in [-0.1, -0.05) is 60.7 Å². The van der Waals surface area contributed by atoms with Gasteiger partial charge in [-0.05, 0) is 107 Å². The minimum atomic E-state index is -0.366. The third-order valence-corrected chi connectivity index (χ3v) is 7.07. The zero-order valence-corrected chi connectivity index (χ0v) is 20.3. The van der Waals surface area contributed by atoms with Crippen LogP contribution in [0.25, 0.3) is 12.2 Å². The SMILES string of the molecule is Nc1ccc(CCc2cc3ccc2CCc2ccc(c(/C=C/c4ccc([N+](=O)[O-])cc4)c2)CC3)cc1. The maximum atomic E-state index is 10.9. The molecule has 4 aliphatic rings. The molecule has 0 amide bonds. The Hall–Kier alpha value is -4.18. The van der Waals surface area contributed by atoms with Crippen LogP contribution >= 0.6 is 0 Å². The van der Waals surface area contributed by atoms with E-state index >= 15 is 0 Å². The second kappa shape index (κ2) is 10.6. The first-order chi connectivity index (χ1) is 17.5. The van der Waals surface area contributed by atoms with Crippen molar-refractivity contribution in [1.82, 2.24) is 0 Å². The molecule has 0 aromatic heterocycles. The highest BCUT2D eigenvalue weighted by molar-refractivity contribution is 5.72. The molecule has 4 nitrogen and oxygen atoms in total. The van der Waals surface area contributed by atoms with Crippen molar-refractivity contribution in [1.29, 1.82) is 0 Å². The lowest BCUT2D eigenvalue weighted by Gasteiger charge is -2.16. The number of rotatable bonds is 6. The second-order valence-corrected chi connectivity index (χ2v) is 9.56. The largest absolute Gasteiger partial charge is 0.399 e. The Balaban J connectivity index is 1.35. The van der Waals surface area contributed by atoms with E-state index in [4.69, 9.17) is 5.73 Å². The van der Waals surface area contributed by atoms with Crippen molar-refractivity contribution >= 4 is 23.5 Å². The lowest BCUT2D eigenvalue weighted by atomic mass is 9.89. The van der Waals surface area contributed by atoms with Crippen molar-refractivity contribution in [3.8, 4) is 0 Å². The molecule has 4 heteroatoms. The number of nitrogen functional groups attached to an aromatic ring is 1. The van der Waals surface area contributed by atoms with Crippen LogP contribution in [0.2, 0.25) is 0 Å². The summed E-state index contributed by atoms with van der Waals surface area (Å²) in [6, 6.07) is 28.8. The molecule has 0 spiro atoms. The highest BCUT2D eigenvalue weighted by atomic mass is 16.6.